The van der Waals surface area contributed by atoms with Crippen molar-refractivity contribution >= 4 is 17.9 Å². The molecule has 2 bridgehead atoms. The lowest BCUT2D eigenvalue weighted by Gasteiger charge is -2.33. The second kappa shape index (κ2) is 11.6. The minimum atomic E-state index is -1.12. The van der Waals surface area contributed by atoms with E-state index in [9.17, 15) is 19.5 Å². The van der Waals surface area contributed by atoms with Gasteiger partial charge in [-0.1, -0.05) is 39.8 Å². The number of amides is 3. The van der Waals surface area contributed by atoms with Gasteiger partial charge in [0.2, 0.25) is 11.8 Å². The van der Waals surface area contributed by atoms with Crippen molar-refractivity contribution in [3.63, 3.8) is 0 Å². The molecule has 1 aromatic rings. The van der Waals surface area contributed by atoms with Gasteiger partial charge in [0.05, 0.1) is 6.10 Å². The molecule has 3 rings (SSSR count). The average Bonchev–Trinajstić information content (AvgIpc) is 2.71. The number of hydrogen-bond donors (Lipinski definition) is 4. The molecule has 2 aliphatic heterocycles. The first-order chi connectivity index (χ1) is 15.8. The molecule has 0 saturated carbocycles. The number of alkyl carbamates (subject to hydrolysis) is 1. The third-order valence-electron chi connectivity index (χ3n) is 5.29. The Morgan fingerprint density at radius 2 is 1.76 bits per heavy atom. The van der Waals surface area contributed by atoms with E-state index in [2.05, 4.69) is 16.0 Å². The van der Waals surface area contributed by atoms with E-state index in [1.165, 1.54) is 0 Å². The van der Waals surface area contributed by atoms with Crippen molar-refractivity contribution < 1.29 is 29.0 Å². The fourth-order valence-electron chi connectivity index (χ4n) is 3.65. The van der Waals surface area contributed by atoms with Gasteiger partial charge in [0, 0.05) is 6.54 Å². The lowest BCUT2D eigenvalue weighted by molar-refractivity contribution is -0.132. The van der Waals surface area contributed by atoms with Gasteiger partial charge in [0.15, 0.2) is 0 Å². The first-order valence-electron chi connectivity index (χ1n) is 11.8. The molecule has 4 N–H and O–H groups in total. The molecule has 2 aliphatic rings. The first-order valence-corrected chi connectivity index (χ1v) is 11.8. The molecule has 0 unspecified atom stereocenters. The molecule has 190 valence electrons. The molecule has 0 radical (unpaired) electrons. The van der Waals surface area contributed by atoms with Gasteiger partial charge in [-0.2, -0.15) is 0 Å². The quantitative estimate of drug-likeness (QED) is 0.528. The van der Waals surface area contributed by atoms with E-state index >= 15 is 0 Å². The Morgan fingerprint density at radius 1 is 1.15 bits per heavy atom. The predicted molar refractivity (Wildman–Crippen MR) is 128 cm³/mol. The molecular formula is C25H39N3O6. The fraction of sp³-hybridized carbons (Fsp3) is 0.640. The number of rotatable bonds is 4. The molecule has 1 aromatic carbocycles. The van der Waals surface area contributed by atoms with E-state index in [1.807, 2.05) is 27.7 Å². The monoisotopic (exact) mass is 477 g/mol. The molecule has 0 spiro atoms. The van der Waals surface area contributed by atoms with Crippen LogP contribution in [-0.4, -0.2) is 53.3 Å². The lowest BCUT2D eigenvalue weighted by atomic mass is 9.96. The Morgan fingerprint density at radius 3 is 2.29 bits per heavy atom. The number of aliphatic hydroxyl groups is 1. The van der Waals surface area contributed by atoms with Crippen LogP contribution in [-0.2, 0) is 14.3 Å². The van der Waals surface area contributed by atoms with E-state index in [0.29, 0.717) is 17.7 Å². The third-order valence-corrected chi connectivity index (χ3v) is 5.29. The van der Waals surface area contributed by atoms with Crippen LogP contribution < -0.4 is 20.7 Å². The maximum absolute atomic E-state index is 13.5. The van der Waals surface area contributed by atoms with E-state index in [4.69, 9.17) is 9.47 Å². The summed E-state index contributed by atoms with van der Waals surface area (Å²) in [4.78, 5) is 39.0. The van der Waals surface area contributed by atoms with Gasteiger partial charge in [-0.05, 0) is 56.7 Å². The van der Waals surface area contributed by atoms with Crippen LogP contribution in [0.25, 0.3) is 0 Å². The molecule has 9 nitrogen and oxygen atoms in total. The van der Waals surface area contributed by atoms with Crippen molar-refractivity contribution in [1.29, 1.82) is 0 Å². The van der Waals surface area contributed by atoms with Crippen molar-refractivity contribution in [2.45, 2.75) is 84.8 Å². The number of fused-ring (bicyclic) bond motifs is 11. The van der Waals surface area contributed by atoms with Crippen molar-refractivity contribution in [1.82, 2.24) is 16.0 Å². The van der Waals surface area contributed by atoms with Gasteiger partial charge in [-0.25, -0.2) is 4.79 Å². The Labute approximate surface area is 202 Å². The predicted octanol–water partition coefficient (Wildman–Crippen LogP) is 2.68. The second-order valence-corrected chi connectivity index (χ2v) is 10.5. The van der Waals surface area contributed by atoms with Crippen LogP contribution in [0.4, 0.5) is 4.79 Å². The van der Waals surface area contributed by atoms with Gasteiger partial charge in [0.1, 0.15) is 29.5 Å². The molecule has 4 atom stereocenters. The van der Waals surface area contributed by atoms with Crippen LogP contribution in [0.2, 0.25) is 0 Å². The number of hydrogen-bond acceptors (Lipinski definition) is 6. The molecular weight excluding hydrogens is 438 g/mol. The zero-order valence-electron chi connectivity index (χ0n) is 21.2. The summed E-state index contributed by atoms with van der Waals surface area (Å²) < 4.78 is 11.5. The molecule has 0 saturated heterocycles. The number of benzene rings is 1. The van der Waals surface area contributed by atoms with E-state index in [0.717, 1.165) is 0 Å². The number of carbonyl (C=O) groups is 3. The van der Waals surface area contributed by atoms with Crippen molar-refractivity contribution in [3.8, 4) is 5.75 Å². The van der Waals surface area contributed by atoms with Crippen molar-refractivity contribution in [2.75, 3.05) is 6.54 Å². The Balaban J connectivity index is 2.47. The summed E-state index contributed by atoms with van der Waals surface area (Å²) in [5, 5.41) is 18.6. The number of nitrogens with one attached hydrogen (secondary N) is 3. The Kier molecular flexibility index (Phi) is 9.32. The van der Waals surface area contributed by atoms with E-state index in [-0.39, 0.29) is 18.4 Å². The minimum absolute atomic E-state index is 0.00227. The Bertz CT molecular complexity index is 847. The highest BCUT2D eigenvalue weighted by Gasteiger charge is 2.37. The fourth-order valence-corrected chi connectivity index (χ4v) is 3.65. The Hall–Kier alpha value is -2.81. The zero-order chi connectivity index (χ0) is 25.6. The number of ether oxygens (including phenoxy) is 2. The second-order valence-electron chi connectivity index (χ2n) is 10.5. The van der Waals surface area contributed by atoms with E-state index in [1.54, 1.807) is 45.0 Å². The highest BCUT2D eigenvalue weighted by Crippen LogP contribution is 2.23. The normalized spacial score (nSPS) is 24.2. The first kappa shape index (κ1) is 27.4. The SMILES string of the molecule is CC(C)C[C@@H]1NC(=O)[C@@H](NC(=O)OC(C)(C)C)[C@H](C(C)C)Oc2ccc(cc2)[C@@H](O)CNC1=O. The van der Waals surface area contributed by atoms with Crippen LogP contribution >= 0.6 is 0 Å². The van der Waals surface area contributed by atoms with Crippen LogP contribution in [0.1, 0.15) is 66.6 Å². The summed E-state index contributed by atoms with van der Waals surface area (Å²) in [5.74, 6) is -0.548. The lowest BCUT2D eigenvalue weighted by Crippen LogP contribution is -2.60. The van der Waals surface area contributed by atoms with Gasteiger partial charge in [-0.3, -0.25) is 9.59 Å². The maximum Gasteiger partial charge on any atom is 0.408 e. The summed E-state index contributed by atoms with van der Waals surface area (Å²) in [6.45, 7) is 12.8. The van der Waals surface area contributed by atoms with Crippen LogP contribution in [0.3, 0.4) is 0 Å². The topological polar surface area (TPSA) is 126 Å². The number of carbonyl (C=O) groups excluding carboxylic acids is 3. The molecule has 0 aromatic heterocycles. The summed E-state index contributed by atoms with van der Waals surface area (Å²) in [7, 11) is 0. The van der Waals surface area contributed by atoms with Crippen molar-refractivity contribution in [3.05, 3.63) is 29.8 Å². The largest absolute Gasteiger partial charge is 0.487 e. The van der Waals surface area contributed by atoms with E-state index < -0.39 is 47.8 Å². The van der Waals surface area contributed by atoms with Gasteiger partial charge >= 0.3 is 6.09 Å². The highest BCUT2D eigenvalue weighted by molar-refractivity contribution is 5.91. The maximum atomic E-state index is 13.5. The standard InChI is InChI=1S/C25H39N3O6/c1-14(2)12-18-22(30)26-13-19(29)16-8-10-17(11-9-16)33-21(15(3)4)20(23(31)27-18)28-24(32)34-25(5,6)7/h8-11,14-15,18-21,29H,12-13H2,1-7H3,(H,26,30)(H,27,31)(H,28,32)/t18-,19-,20-,21-/m0/s1. The molecule has 9 heteroatoms. The summed E-state index contributed by atoms with van der Waals surface area (Å²) >= 11 is 0. The smallest absolute Gasteiger partial charge is 0.408 e. The zero-order valence-corrected chi connectivity index (χ0v) is 21.2. The van der Waals surface area contributed by atoms with Crippen LogP contribution in [0.15, 0.2) is 24.3 Å². The molecule has 0 fully saturated rings. The van der Waals surface area contributed by atoms with Crippen LogP contribution in [0, 0.1) is 11.8 Å². The van der Waals surface area contributed by atoms with Crippen LogP contribution in [0.5, 0.6) is 5.75 Å². The van der Waals surface area contributed by atoms with Gasteiger partial charge < -0.3 is 30.5 Å². The number of aliphatic hydroxyl groups excluding tert-OH is 1. The average molecular weight is 478 g/mol. The summed E-state index contributed by atoms with van der Waals surface area (Å²) in [6, 6.07) is 4.82. The summed E-state index contributed by atoms with van der Waals surface area (Å²) in [5.41, 5.74) is -0.133. The highest BCUT2D eigenvalue weighted by atomic mass is 16.6. The van der Waals surface area contributed by atoms with Gasteiger partial charge in [0.25, 0.3) is 0 Å². The molecule has 34 heavy (non-hydrogen) atoms. The third kappa shape index (κ3) is 8.20. The summed E-state index contributed by atoms with van der Waals surface area (Å²) in [6.07, 6.45) is -2.03. The minimum Gasteiger partial charge on any atom is -0.487 e. The molecule has 3 amide bonds. The van der Waals surface area contributed by atoms with Gasteiger partial charge in [-0.15, -0.1) is 0 Å². The molecule has 0 aliphatic carbocycles. The molecule has 2 heterocycles. The van der Waals surface area contributed by atoms with Crippen molar-refractivity contribution in [2.24, 2.45) is 11.8 Å².